The van der Waals surface area contributed by atoms with Gasteiger partial charge < -0.3 is 4.74 Å². The van der Waals surface area contributed by atoms with Crippen LogP contribution in [0.5, 0.6) is 0 Å². The van der Waals surface area contributed by atoms with E-state index in [4.69, 9.17) is 4.74 Å². The minimum atomic E-state index is -0.00259. The third-order valence-corrected chi connectivity index (χ3v) is 2.31. The minimum absolute atomic E-state index is 0.00259. The number of carbonyl (C=O) groups excluding carboxylic acids is 1. The van der Waals surface area contributed by atoms with E-state index in [1.54, 1.807) is 0 Å². The summed E-state index contributed by atoms with van der Waals surface area (Å²) in [6.45, 7) is 0. The summed E-state index contributed by atoms with van der Waals surface area (Å²) < 4.78 is 5.06. The Labute approximate surface area is 60.6 Å². The molecule has 1 heterocycles. The Morgan fingerprint density at radius 1 is 1.60 bits per heavy atom. The molecule has 2 nitrogen and oxygen atoms in total. The van der Waals surface area contributed by atoms with Crippen molar-refractivity contribution in [1.29, 1.82) is 0 Å². The molecule has 2 atom stereocenters. The molecule has 2 fully saturated rings. The lowest BCUT2D eigenvalue weighted by atomic mass is 9.83. The molecule has 55 valence electrons. The summed E-state index contributed by atoms with van der Waals surface area (Å²) in [5, 5.41) is 0. The number of carbonyl (C=O) groups is 1. The number of hydrogen-bond acceptors (Lipinski definition) is 2. The van der Waals surface area contributed by atoms with Crippen LogP contribution in [0, 0.1) is 12.3 Å². The van der Waals surface area contributed by atoms with E-state index in [0.29, 0.717) is 12.3 Å². The summed E-state index contributed by atoms with van der Waals surface area (Å²) in [4.78, 5) is 10.8. The van der Waals surface area contributed by atoms with Gasteiger partial charge in [0.05, 0.1) is 0 Å². The number of ether oxygens (including phenoxy) is 1. The fraction of sp³-hybridized carbons (Fsp3) is 0.750. The summed E-state index contributed by atoms with van der Waals surface area (Å²) in [7, 11) is 0. The molecular formula is C8H11O2. The normalized spacial score (nSPS) is 39.0. The number of esters is 1. The third-order valence-electron chi connectivity index (χ3n) is 2.31. The fourth-order valence-corrected chi connectivity index (χ4v) is 1.79. The molecule has 0 spiro atoms. The van der Waals surface area contributed by atoms with Crippen LogP contribution < -0.4 is 0 Å². The van der Waals surface area contributed by atoms with Crippen LogP contribution in [0.15, 0.2) is 0 Å². The Morgan fingerprint density at radius 3 is 3.30 bits per heavy atom. The first-order valence-electron chi connectivity index (χ1n) is 3.87. The van der Waals surface area contributed by atoms with Crippen molar-refractivity contribution in [2.75, 3.05) is 0 Å². The van der Waals surface area contributed by atoms with Crippen molar-refractivity contribution in [3.63, 3.8) is 0 Å². The quantitative estimate of drug-likeness (QED) is 0.473. The minimum Gasteiger partial charge on any atom is -0.462 e. The molecule has 0 aromatic carbocycles. The molecule has 2 bridgehead atoms. The van der Waals surface area contributed by atoms with Gasteiger partial charge in [-0.05, 0) is 25.2 Å². The lowest BCUT2D eigenvalue weighted by Crippen LogP contribution is -2.33. The molecule has 1 saturated heterocycles. The maximum atomic E-state index is 10.8. The van der Waals surface area contributed by atoms with Gasteiger partial charge in [-0.2, -0.15) is 0 Å². The van der Waals surface area contributed by atoms with Crippen molar-refractivity contribution >= 4 is 5.97 Å². The van der Waals surface area contributed by atoms with E-state index in [9.17, 15) is 4.79 Å². The van der Waals surface area contributed by atoms with Crippen molar-refractivity contribution in [3.8, 4) is 0 Å². The van der Waals surface area contributed by atoms with Crippen LogP contribution in [0.2, 0.25) is 0 Å². The van der Waals surface area contributed by atoms with Gasteiger partial charge in [0, 0.05) is 12.8 Å². The van der Waals surface area contributed by atoms with Crippen LogP contribution in [0.1, 0.15) is 25.7 Å². The molecule has 0 aromatic rings. The summed E-state index contributed by atoms with van der Waals surface area (Å²) in [6.07, 6.45) is 6.32. The largest absolute Gasteiger partial charge is 0.462 e. The molecule has 2 heteroatoms. The van der Waals surface area contributed by atoms with E-state index in [2.05, 4.69) is 6.42 Å². The zero-order chi connectivity index (χ0) is 6.97. The summed E-state index contributed by atoms with van der Waals surface area (Å²) in [5.74, 6) is 0.619. The first-order chi connectivity index (χ1) is 4.84. The maximum Gasteiger partial charge on any atom is 0.306 e. The van der Waals surface area contributed by atoms with E-state index < -0.39 is 0 Å². The zero-order valence-corrected chi connectivity index (χ0v) is 5.88. The third kappa shape index (κ3) is 1.02. The smallest absolute Gasteiger partial charge is 0.306 e. The van der Waals surface area contributed by atoms with Crippen LogP contribution in [0.4, 0.5) is 0 Å². The Balaban J connectivity index is 2.05. The topological polar surface area (TPSA) is 26.3 Å². The monoisotopic (exact) mass is 139 g/mol. The number of rotatable bonds is 0. The molecule has 1 radical (unpaired) electrons. The molecule has 2 unspecified atom stereocenters. The van der Waals surface area contributed by atoms with Gasteiger partial charge in [0.15, 0.2) is 0 Å². The van der Waals surface area contributed by atoms with E-state index >= 15 is 0 Å². The second kappa shape index (κ2) is 2.26. The Bertz CT molecular complexity index is 139. The van der Waals surface area contributed by atoms with Crippen LogP contribution in [-0.2, 0) is 9.53 Å². The summed E-state index contributed by atoms with van der Waals surface area (Å²) in [5.41, 5.74) is 0. The van der Waals surface area contributed by atoms with Crippen molar-refractivity contribution in [2.24, 2.45) is 5.92 Å². The first kappa shape index (κ1) is 6.20. The van der Waals surface area contributed by atoms with Crippen molar-refractivity contribution in [1.82, 2.24) is 0 Å². The van der Waals surface area contributed by atoms with Crippen LogP contribution >= 0.6 is 0 Å². The Morgan fingerprint density at radius 2 is 2.50 bits per heavy atom. The molecule has 0 N–H and O–H groups in total. The standard InChI is InChI=1S/C8H11O2/c9-8-5-6-2-1-3-7(4-6)10-8/h3,6-7H,1-2,4-5H2. The highest BCUT2D eigenvalue weighted by molar-refractivity contribution is 5.71. The van der Waals surface area contributed by atoms with Gasteiger partial charge in [-0.15, -0.1) is 0 Å². The van der Waals surface area contributed by atoms with E-state index in [0.717, 1.165) is 12.8 Å². The second-order valence-corrected chi connectivity index (χ2v) is 3.15. The van der Waals surface area contributed by atoms with Crippen molar-refractivity contribution < 1.29 is 9.53 Å². The maximum absolute atomic E-state index is 10.8. The lowest BCUT2D eigenvalue weighted by molar-refractivity contribution is -0.156. The van der Waals surface area contributed by atoms with Gasteiger partial charge in [0.1, 0.15) is 6.10 Å². The molecular weight excluding hydrogens is 128 g/mol. The average molecular weight is 139 g/mol. The molecule has 0 aromatic heterocycles. The van der Waals surface area contributed by atoms with Crippen molar-refractivity contribution in [3.05, 3.63) is 6.42 Å². The van der Waals surface area contributed by atoms with Gasteiger partial charge in [0.2, 0.25) is 0 Å². The SMILES string of the molecule is O=C1CC2CC[CH]C(C2)O1. The van der Waals surface area contributed by atoms with Gasteiger partial charge in [-0.3, -0.25) is 4.79 Å². The van der Waals surface area contributed by atoms with Crippen LogP contribution in [0.3, 0.4) is 0 Å². The van der Waals surface area contributed by atoms with Gasteiger partial charge in [-0.1, -0.05) is 0 Å². The predicted octanol–water partition coefficient (Wildman–Crippen LogP) is 1.31. The fourth-order valence-electron chi connectivity index (χ4n) is 1.79. The molecule has 1 aliphatic heterocycles. The highest BCUT2D eigenvalue weighted by Gasteiger charge is 2.31. The second-order valence-electron chi connectivity index (χ2n) is 3.15. The van der Waals surface area contributed by atoms with E-state index in [1.165, 1.54) is 6.42 Å². The number of fused-ring (bicyclic) bond motifs is 2. The Hall–Kier alpha value is -0.530. The molecule has 1 aliphatic carbocycles. The van der Waals surface area contributed by atoms with Gasteiger partial charge in [-0.25, -0.2) is 0 Å². The van der Waals surface area contributed by atoms with E-state index in [1.807, 2.05) is 0 Å². The van der Waals surface area contributed by atoms with Gasteiger partial charge >= 0.3 is 5.97 Å². The van der Waals surface area contributed by atoms with Crippen LogP contribution in [-0.4, -0.2) is 12.1 Å². The van der Waals surface area contributed by atoms with E-state index in [-0.39, 0.29) is 12.1 Å². The number of hydrogen-bond donors (Lipinski definition) is 0. The predicted molar refractivity (Wildman–Crippen MR) is 36.1 cm³/mol. The molecule has 0 amide bonds. The van der Waals surface area contributed by atoms with Crippen molar-refractivity contribution in [2.45, 2.75) is 31.8 Å². The summed E-state index contributed by atoms with van der Waals surface area (Å²) in [6, 6.07) is 0. The Kier molecular flexibility index (Phi) is 1.40. The molecule has 2 rings (SSSR count). The zero-order valence-electron chi connectivity index (χ0n) is 5.88. The highest BCUT2D eigenvalue weighted by atomic mass is 16.5. The molecule has 10 heavy (non-hydrogen) atoms. The lowest BCUT2D eigenvalue weighted by Gasteiger charge is -2.32. The molecule has 2 aliphatic rings. The van der Waals surface area contributed by atoms with Crippen LogP contribution in [0.25, 0.3) is 0 Å². The van der Waals surface area contributed by atoms with Gasteiger partial charge in [0.25, 0.3) is 0 Å². The average Bonchev–Trinajstić information content (AvgIpc) is 1.85. The first-order valence-corrected chi connectivity index (χ1v) is 3.87. The highest BCUT2D eigenvalue weighted by Crippen LogP contribution is 2.32. The summed E-state index contributed by atoms with van der Waals surface area (Å²) >= 11 is 0. The molecule has 1 saturated carbocycles.